The summed E-state index contributed by atoms with van der Waals surface area (Å²) >= 11 is 3.64. The lowest BCUT2D eigenvalue weighted by atomic mass is 9.99. The Hall–Kier alpha value is -4.90. The molecule has 0 bridgehead atoms. The van der Waals surface area contributed by atoms with Crippen LogP contribution in [0.3, 0.4) is 0 Å². The summed E-state index contributed by atoms with van der Waals surface area (Å²) in [5, 5.41) is 9.44. The molecule has 0 atom stereocenters. The molecular weight excluding hydrogens is 597 g/mol. The minimum atomic E-state index is 1.15. The molecule has 8 aromatic rings. The van der Waals surface area contributed by atoms with Crippen LogP contribution in [0.1, 0.15) is 22.3 Å². The average molecular weight is 631 g/mol. The lowest BCUT2D eigenvalue weighted by Crippen LogP contribution is -2.13. The van der Waals surface area contributed by atoms with E-state index in [2.05, 4.69) is 170 Å². The molecule has 0 saturated carbocycles. The minimum Gasteiger partial charge on any atom is -0.308 e. The van der Waals surface area contributed by atoms with E-state index in [1.807, 2.05) is 22.7 Å². The molecule has 0 spiro atoms. The van der Waals surface area contributed by atoms with Gasteiger partial charge in [-0.3, -0.25) is 0 Å². The van der Waals surface area contributed by atoms with Crippen LogP contribution in [0.2, 0.25) is 0 Å². The van der Waals surface area contributed by atoms with Gasteiger partial charge in [-0.15, -0.1) is 22.7 Å². The van der Waals surface area contributed by atoms with E-state index >= 15 is 0 Å². The quantitative estimate of drug-likeness (QED) is 0.180. The zero-order valence-electron chi connectivity index (χ0n) is 26.4. The number of benzene rings is 6. The number of hydrogen-bond donors (Lipinski definition) is 0. The average Bonchev–Trinajstić information content (AvgIpc) is 3.74. The predicted molar refractivity (Wildman–Crippen MR) is 203 cm³/mol. The molecule has 2 nitrogen and oxygen atoms in total. The maximum Gasteiger partial charge on any atom is 0.0719 e. The summed E-state index contributed by atoms with van der Waals surface area (Å²) in [4.78, 5) is 4.92. The van der Waals surface area contributed by atoms with Crippen LogP contribution in [0.4, 0.5) is 34.1 Å². The molecule has 0 unspecified atom stereocenters. The Morgan fingerprint density at radius 3 is 0.935 bits per heavy atom. The highest BCUT2D eigenvalue weighted by Gasteiger charge is 2.25. The number of aryl methyl sites for hydroxylation is 4. The summed E-state index contributed by atoms with van der Waals surface area (Å²) in [6.45, 7) is 8.61. The zero-order valence-corrected chi connectivity index (χ0v) is 28.0. The van der Waals surface area contributed by atoms with Gasteiger partial charge in [0.05, 0.1) is 20.8 Å². The maximum absolute atomic E-state index is 2.46. The predicted octanol–water partition coefficient (Wildman–Crippen LogP) is 13.4. The fourth-order valence-corrected chi connectivity index (χ4v) is 8.24. The second-order valence-corrected chi connectivity index (χ2v) is 14.1. The van der Waals surface area contributed by atoms with Crippen molar-refractivity contribution in [2.24, 2.45) is 0 Å². The fraction of sp³-hybridized carbons (Fsp3) is 0.0952. The van der Waals surface area contributed by atoms with Crippen molar-refractivity contribution >= 4 is 87.7 Å². The first-order chi connectivity index (χ1) is 22.4. The Labute approximate surface area is 278 Å². The van der Waals surface area contributed by atoms with Crippen molar-refractivity contribution in [3.63, 3.8) is 0 Å². The van der Waals surface area contributed by atoms with Crippen molar-refractivity contribution in [3.05, 3.63) is 154 Å². The number of fused-ring (bicyclic) bond motifs is 3. The van der Waals surface area contributed by atoms with E-state index in [-0.39, 0.29) is 0 Å². The van der Waals surface area contributed by atoms with Gasteiger partial charge in [-0.2, -0.15) is 0 Å². The van der Waals surface area contributed by atoms with Crippen LogP contribution in [0, 0.1) is 27.7 Å². The number of hydrogen-bond acceptors (Lipinski definition) is 4. The SMILES string of the molecule is Cc1ccc(N(c2ccc(C)cc2)c2c3cc4ccsc4c(N(c4ccc(C)cc4)c4ccc(C)cc4)c3cc3ccsc23)cc1. The molecule has 0 amide bonds. The van der Waals surface area contributed by atoms with Crippen LogP contribution < -0.4 is 9.80 Å². The van der Waals surface area contributed by atoms with Gasteiger partial charge in [0.1, 0.15) is 0 Å². The molecular formula is C42H34N2S2. The summed E-state index contributed by atoms with van der Waals surface area (Å²) in [5.74, 6) is 0. The minimum absolute atomic E-state index is 1.15. The van der Waals surface area contributed by atoms with Crippen LogP contribution in [-0.2, 0) is 0 Å². The first-order valence-electron chi connectivity index (χ1n) is 15.7. The molecule has 0 fully saturated rings. The van der Waals surface area contributed by atoms with Crippen molar-refractivity contribution in [1.29, 1.82) is 0 Å². The normalized spacial score (nSPS) is 11.5. The van der Waals surface area contributed by atoms with Gasteiger partial charge in [0.2, 0.25) is 0 Å². The Bertz CT molecular complexity index is 2070. The van der Waals surface area contributed by atoms with E-state index in [4.69, 9.17) is 0 Å². The van der Waals surface area contributed by atoms with Gasteiger partial charge in [-0.1, -0.05) is 70.8 Å². The van der Waals surface area contributed by atoms with Gasteiger partial charge < -0.3 is 9.80 Å². The van der Waals surface area contributed by atoms with E-state index in [0.717, 1.165) is 22.7 Å². The first-order valence-corrected chi connectivity index (χ1v) is 17.4. The van der Waals surface area contributed by atoms with Crippen LogP contribution in [0.25, 0.3) is 30.9 Å². The van der Waals surface area contributed by atoms with Gasteiger partial charge in [0, 0.05) is 33.5 Å². The van der Waals surface area contributed by atoms with Crippen LogP contribution in [-0.4, -0.2) is 0 Å². The Morgan fingerprint density at radius 1 is 0.370 bits per heavy atom. The van der Waals surface area contributed by atoms with Crippen LogP contribution in [0.15, 0.2) is 132 Å². The van der Waals surface area contributed by atoms with Crippen molar-refractivity contribution < 1.29 is 0 Å². The highest BCUT2D eigenvalue weighted by molar-refractivity contribution is 7.18. The summed E-state index contributed by atoms with van der Waals surface area (Å²) in [6.07, 6.45) is 0. The number of anilines is 6. The van der Waals surface area contributed by atoms with Gasteiger partial charge >= 0.3 is 0 Å². The van der Waals surface area contributed by atoms with Crippen LogP contribution in [0.5, 0.6) is 0 Å². The number of rotatable bonds is 6. The van der Waals surface area contributed by atoms with E-state index in [9.17, 15) is 0 Å². The molecule has 2 heterocycles. The van der Waals surface area contributed by atoms with Gasteiger partial charge in [0.15, 0.2) is 0 Å². The molecule has 224 valence electrons. The van der Waals surface area contributed by atoms with Gasteiger partial charge in [0.25, 0.3) is 0 Å². The molecule has 2 aromatic heterocycles. The third kappa shape index (κ3) is 4.95. The van der Waals surface area contributed by atoms with Crippen molar-refractivity contribution in [1.82, 2.24) is 0 Å². The van der Waals surface area contributed by atoms with Crippen LogP contribution >= 0.6 is 22.7 Å². The third-order valence-electron chi connectivity index (χ3n) is 8.84. The monoisotopic (exact) mass is 630 g/mol. The molecule has 8 rings (SSSR count). The van der Waals surface area contributed by atoms with E-state index in [1.165, 1.54) is 64.6 Å². The fourth-order valence-electron chi connectivity index (χ4n) is 6.39. The standard InChI is InChI=1S/C42H34N2S2/c1-27-5-13-33(14-6-27)43(34-15-7-28(2)8-16-34)39-37-25-32-22-24-46-42(32)40(38(37)26-31-21-23-45-41(31)39)44(35-17-9-29(3)10-18-35)36-19-11-30(4)12-20-36/h5-26H,1-4H3. The first kappa shape index (κ1) is 28.6. The summed E-state index contributed by atoms with van der Waals surface area (Å²) in [5.41, 5.74) is 12.0. The Balaban J connectivity index is 1.51. The van der Waals surface area contributed by atoms with Crippen molar-refractivity contribution in [2.75, 3.05) is 9.80 Å². The second-order valence-electron chi connectivity index (χ2n) is 12.2. The zero-order chi connectivity index (χ0) is 31.4. The summed E-state index contributed by atoms with van der Waals surface area (Å²) in [7, 11) is 0. The van der Waals surface area contributed by atoms with Crippen molar-refractivity contribution in [2.45, 2.75) is 27.7 Å². The maximum atomic E-state index is 2.46. The number of nitrogens with zero attached hydrogens (tertiary/aromatic N) is 2. The van der Waals surface area contributed by atoms with E-state index in [0.29, 0.717) is 0 Å². The molecule has 0 aliphatic carbocycles. The molecule has 0 N–H and O–H groups in total. The highest BCUT2D eigenvalue weighted by Crippen LogP contribution is 2.52. The Morgan fingerprint density at radius 2 is 0.652 bits per heavy atom. The molecule has 0 aliphatic rings. The molecule has 0 aliphatic heterocycles. The van der Waals surface area contributed by atoms with Gasteiger partial charge in [-0.05, 0) is 122 Å². The third-order valence-corrected chi connectivity index (χ3v) is 10.7. The van der Waals surface area contributed by atoms with E-state index < -0.39 is 0 Å². The largest absolute Gasteiger partial charge is 0.308 e. The molecule has 6 aromatic carbocycles. The smallest absolute Gasteiger partial charge is 0.0719 e. The lowest BCUT2D eigenvalue weighted by molar-refractivity contribution is 1.28. The second kappa shape index (κ2) is 11.5. The molecule has 0 saturated heterocycles. The molecule has 4 heteroatoms. The summed E-state index contributed by atoms with van der Waals surface area (Å²) < 4.78 is 2.57. The summed E-state index contributed by atoms with van der Waals surface area (Å²) in [6, 6.07) is 45.1. The molecule has 0 radical (unpaired) electrons. The number of thiophene rings is 2. The van der Waals surface area contributed by atoms with Crippen molar-refractivity contribution in [3.8, 4) is 0 Å². The highest BCUT2D eigenvalue weighted by atomic mass is 32.1. The lowest BCUT2D eigenvalue weighted by Gasteiger charge is -2.31. The molecule has 46 heavy (non-hydrogen) atoms. The topological polar surface area (TPSA) is 6.48 Å². The Kier molecular flexibility index (Phi) is 7.12. The van der Waals surface area contributed by atoms with Gasteiger partial charge in [-0.25, -0.2) is 0 Å². The van der Waals surface area contributed by atoms with E-state index in [1.54, 1.807) is 0 Å².